The maximum atomic E-state index is 11.7. The van der Waals surface area contributed by atoms with E-state index in [2.05, 4.69) is 15.6 Å². The minimum atomic E-state index is -3.71. The summed E-state index contributed by atoms with van der Waals surface area (Å²) < 4.78 is 46.1. The van der Waals surface area contributed by atoms with Crippen molar-refractivity contribution in [3.63, 3.8) is 0 Å². The van der Waals surface area contributed by atoms with Crippen LogP contribution in [0.5, 0.6) is 0 Å². The van der Waals surface area contributed by atoms with Gasteiger partial charge < -0.3 is 10.6 Å². The van der Waals surface area contributed by atoms with Gasteiger partial charge in [-0.05, 0) is 48.7 Å². The van der Waals surface area contributed by atoms with Crippen LogP contribution in [0.3, 0.4) is 0 Å². The summed E-state index contributed by atoms with van der Waals surface area (Å²) in [6, 6.07) is 11.5. The van der Waals surface area contributed by atoms with Crippen molar-refractivity contribution in [2.45, 2.75) is 36.7 Å². The number of halogens is 1. The first kappa shape index (κ1) is 26.3. The topological polar surface area (TPSA) is 131 Å². The summed E-state index contributed by atoms with van der Waals surface area (Å²) >= 11 is 0. The SMILES string of the molecule is CCNC(=NCc1ccc(S(C)(=O)=O)c(C)c1)NCc1ccc(S(N)(=O)=O)cc1.I. The number of hydrogen-bond donors (Lipinski definition) is 3. The molecule has 0 amide bonds. The summed E-state index contributed by atoms with van der Waals surface area (Å²) in [7, 11) is -6.96. The highest BCUT2D eigenvalue weighted by Gasteiger charge is 2.11. The van der Waals surface area contributed by atoms with E-state index >= 15 is 0 Å². The van der Waals surface area contributed by atoms with Crippen molar-refractivity contribution in [3.05, 3.63) is 59.2 Å². The van der Waals surface area contributed by atoms with Gasteiger partial charge in [-0.2, -0.15) is 0 Å². The molecule has 0 bridgehead atoms. The third-order valence-corrected chi connectivity index (χ3v) is 6.30. The van der Waals surface area contributed by atoms with Crippen LogP contribution in [0, 0.1) is 6.92 Å². The number of aliphatic imine (C=N–C) groups is 1. The van der Waals surface area contributed by atoms with Crippen LogP contribution in [0.1, 0.15) is 23.6 Å². The van der Waals surface area contributed by atoms with Crippen LogP contribution >= 0.6 is 24.0 Å². The fourth-order valence-corrected chi connectivity index (χ4v) is 4.20. The first-order chi connectivity index (χ1) is 13.5. The van der Waals surface area contributed by atoms with Gasteiger partial charge in [-0.3, -0.25) is 0 Å². The molecule has 0 saturated carbocycles. The minimum absolute atomic E-state index is 0. The highest BCUT2D eigenvalue weighted by atomic mass is 127. The zero-order valence-corrected chi connectivity index (χ0v) is 21.0. The smallest absolute Gasteiger partial charge is 0.238 e. The van der Waals surface area contributed by atoms with Gasteiger partial charge in [-0.1, -0.05) is 24.3 Å². The van der Waals surface area contributed by atoms with Crippen LogP contribution in [0.4, 0.5) is 0 Å². The Kier molecular flexibility index (Phi) is 9.72. The molecular formula is C19H27IN4O4S2. The summed E-state index contributed by atoms with van der Waals surface area (Å²) in [4.78, 5) is 4.90. The molecule has 30 heavy (non-hydrogen) atoms. The zero-order chi connectivity index (χ0) is 21.7. The summed E-state index contributed by atoms with van der Waals surface area (Å²) in [5, 5.41) is 11.4. The molecule has 8 nitrogen and oxygen atoms in total. The molecule has 0 radical (unpaired) electrons. The Morgan fingerprint density at radius 2 is 1.60 bits per heavy atom. The quantitative estimate of drug-likeness (QED) is 0.267. The molecule has 0 saturated heterocycles. The van der Waals surface area contributed by atoms with E-state index in [0.29, 0.717) is 36.1 Å². The lowest BCUT2D eigenvalue weighted by molar-refractivity contribution is 0.597. The number of nitrogens with zero attached hydrogens (tertiary/aromatic N) is 1. The number of nitrogens with one attached hydrogen (secondary N) is 2. The van der Waals surface area contributed by atoms with Crippen molar-refractivity contribution in [2.24, 2.45) is 10.1 Å². The minimum Gasteiger partial charge on any atom is -0.357 e. The Bertz CT molecular complexity index is 1100. The van der Waals surface area contributed by atoms with Crippen LogP contribution < -0.4 is 15.8 Å². The molecular weight excluding hydrogens is 539 g/mol. The van der Waals surface area contributed by atoms with Crippen LogP contribution in [-0.4, -0.2) is 35.6 Å². The van der Waals surface area contributed by atoms with E-state index in [-0.39, 0.29) is 28.9 Å². The normalized spacial score (nSPS) is 12.2. The molecule has 0 aromatic heterocycles. The Labute approximate surface area is 195 Å². The van der Waals surface area contributed by atoms with Crippen molar-refractivity contribution in [2.75, 3.05) is 12.8 Å². The summed E-state index contributed by atoms with van der Waals surface area (Å²) in [5.74, 6) is 0.591. The van der Waals surface area contributed by atoms with E-state index in [4.69, 9.17) is 5.14 Å². The van der Waals surface area contributed by atoms with Crippen molar-refractivity contribution in [1.82, 2.24) is 10.6 Å². The first-order valence-electron chi connectivity index (χ1n) is 8.94. The van der Waals surface area contributed by atoms with Gasteiger partial charge >= 0.3 is 0 Å². The Morgan fingerprint density at radius 3 is 2.10 bits per heavy atom. The molecule has 2 rings (SSSR count). The predicted molar refractivity (Wildman–Crippen MR) is 129 cm³/mol. The van der Waals surface area contributed by atoms with Gasteiger partial charge in [0.2, 0.25) is 10.0 Å². The van der Waals surface area contributed by atoms with Crippen molar-refractivity contribution < 1.29 is 16.8 Å². The highest BCUT2D eigenvalue weighted by Crippen LogP contribution is 2.17. The predicted octanol–water partition coefficient (Wildman–Crippen LogP) is 1.92. The fraction of sp³-hybridized carbons (Fsp3) is 0.316. The first-order valence-corrected chi connectivity index (χ1v) is 12.4. The molecule has 0 atom stereocenters. The molecule has 0 aliphatic heterocycles. The molecule has 4 N–H and O–H groups in total. The molecule has 2 aromatic rings. The van der Waals surface area contributed by atoms with E-state index in [9.17, 15) is 16.8 Å². The summed E-state index contributed by atoms with van der Waals surface area (Å²) in [5.41, 5.74) is 2.45. The monoisotopic (exact) mass is 566 g/mol. The number of hydrogen-bond acceptors (Lipinski definition) is 5. The molecule has 0 unspecified atom stereocenters. The van der Waals surface area contributed by atoms with Gasteiger partial charge in [-0.25, -0.2) is 27.0 Å². The summed E-state index contributed by atoms with van der Waals surface area (Å²) in [6.07, 6.45) is 1.19. The van der Waals surface area contributed by atoms with Crippen molar-refractivity contribution >= 4 is 49.8 Å². The average molecular weight is 566 g/mol. The van der Waals surface area contributed by atoms with Crippen LogP contribution in [0.15, 0.2) is 57.2 Å². The van der Waals surface area contributed by atoms with Gasteiger partial charge in [0, 0.05) is 19.3 Å². The lowest BCUT2D eigenvalue weighted by atomic mass is 10.1. The molecule has 2 aromatic carbocycles. The molecule has 0 spiro atoms. The van der Waals surface area contributed by atoms with E-state index in [1.54, 1.807) is 31.2 Å². The highest BCUT2D eigenvalue weighted by molar-refractivity contribution is 14.0. The number of aryl methyl sites for hydroxylation is 1. The van der Waals surface area contributed by atoms with Gasteiger partial charge in [0.15, 0.2) is 15.8 Å². The number of nitrogens with two attached hydrogens (primary N) is 1. The molecule has 11 heteroatoms. The summed E-state index contributed by atoms with van der Waals surface area (Å²) in [6.45, 7) is 5.21. The maximum Gasteiger partial charge on any atom is 0.238 e. The average Bonchev–Trinajstić information content (AvgIpc) is 2.62. The second-order valence-corrected chi connectivity index (χ2v) is 10.2. The number of guanidine groups is 1. The molecule has 0 aliphatic rings. The van der Waals surface area contributed by atoms with E-state index in [1.807, 2.05) is 13.0 Å². The Morgan fingerprint density at radius 1 is 1.00 bits per heavy atom. The molecule has 0 aliphatic carbocycles. The van der Waals surface area contributed by atoms with Gasteiger partial charge in [0.25, 0.3) is 0 Å². The maximum absolute atomic E-state index is 11.7. The number of benzene rings is 2. The Hall–Kier alpha value is -1.70. The van der Waals surface area contributed by atoms with E-state index in [1.165, 1.54) is 18.4 Å². The number of primary sulfonamides is 1. The van der Waals surface area contributed by atoms with Crippen LogP contribution in [0.25, 0.3) is 0 Å². The van der Waals surface area contributed by atoms with Crippen LogP contribution in [-0.2, 0) is 33.0 Å². The van der Waals surface area contributed by atoms with E-state index < -0.39 is 19.9 Å². The lowest BCUT2D eigenvalue weighted by Crippen LogP contribution is -2.36. The Balaban J connectivity index is 0.00000450. The third-order valence-electron chi connectivity index (χ3n) is 4.11. The van der Waals surface area contributed by atoms with E-state index in [0.717, 1.165) is 11.1 Å². The van der Waals surface area contributed by atoms with Gasteiger partial charge in [-0.15, -0.1) is 24.0 Å². The second kappa shape index (κ2) is 11.1. The number of sulfonamides is 1. The van der Waals surface area contributed by atoms with Gasteiger partial charge in [0.05, 0.1) is 16.3 Å². The van der Waals surface area contributed by atoms with Crippen LogP contribution in [0.2, 0.25) is 0 Å². The van der Waals surface area contributed by atoms with Crippen molar-refractivity contribution in [3.8, 4) is 0 Å². The molecule has 0 heterocycles. The molecule has 0 fully saturated rings. The fourth-order valence-electron chi connectivity index (χ4n) is 2.72. The lowest BCUT2D eigenvalue weighted by Gasteiger charge is -2.12. The number of sulfone groups is 1. The zero-order valence-electron chi connectivity index (χ0n) is 17.0. The number of rotatable bonds is 7. The second-order valence-electron chi connectivity index (χ2n) is 6.61. The molecule has 166 valence electrons. The standard InChI is InChI=1S/C19H26N4O4S2.HI/c1-4-21-19(22-12-15-5-8-17(9-6-15)29(20,26)27)23-13-16-7-10-18(14(2)11-16)28(3,24)25;/h5-11H,4,12-13H2,1-3H3,(H2,20,26,27)(H2,21,22,23);1H. The van der Waals surface area contributed by atoms with Crippen molar-refractivity contribution in [1.29, 1.82) is 0 Å². The largest absolute Gasteiger partial charge is 0.357 e. The third kappa shape index (κ3) is 7.85. The van der Waals surface area contributed by atoms with Gasteiger partial charge in [0.1, 0.15) is 0 Å².